The van der Waals surface area contributed by atoms with Crippen molar-refractivity contribution in [1.29, 1.82) is 0 Å². The fraction of sp³-hybridized carbons (Fsp3) is 0.800. The highest BCUT2D eigenvalue weighted by molar-refractivity contribution is 8.02. The molecule has 184 valence electrons. The van der Waals surface area contributed by atoms with Crippen molar-refractivity contribution in [2.45, 2.75) is 93.3 Å². The number of hydrogen-bond donors (Lipinski definition) is 1. The molecule has 0 aromatic carbocycles. The predicted octanol–water partition coefficient (Wildman–Crippen LogP) is 2.76. The Labute approximate surface area is 201 Å². The topological polar surface area (TPSA) is 87.2 Å². The van der Waals surface area contributed by atoms with E-state index in [1.54, 1.807) is 29.7 Å². The van der Waals surface area contributed by atoms with Crippen molar-refractivity contribution < 1.29 is 24.2 Å². The van der Waals surface area contributed by atoms with Crippen LogP contribution in [-0.4, -0.2) is 80.6 Å². The van der Waals surface area contributed by atoms with Crippen LogP contribution in [0.25, 0.3) is 0 Å². The normalized spacial score (nSPS) is 34.3. The molecule has 7 nitrogen and oxygen atoms in total. The van der Waals surface area contributed by atoms with Crippen molar-refractivity contribution in [3.05, 3.63) is 12.7 Å². The summed E-state index contributed by atoms with van der Waals surface area (Å²) in [6.45, 7) is 8.13. The van der Waals surface area contributed by atoms with Crippen LogP contribution in [0.4, 0.5) is 0 Å². The number of likely N-dealkylation sites (tertiary alicyclic amines) is 1. The van der Waals surface area contributed by atoms with E-state index in [0.29, 0.717) is 13.0 Å². The molecule has 4 fully saturated rings. The van der Waals surface area contributed by atoms with Crippen LogP contribution in [-0.2, 0) is 19.1 Å². The summed E-state index contributed by atoms with van der Waals surface area (Å²) in [5, 5.41) is 10.2. The quantitative estimate of drug-likeness (QED) is 0.405. The Bertz CT molecular complexity index is 781. The van der Waals surface area contributed by atoms with Gasteiger partial charge >= 0.3 is 5.97 Å². The molecule has 4 rings (SSSR count). The molecule has 33 heavy (non-hydrogen) atoms. The first-order valence-corrected chi connectivity index (χ1v) is 13.5. The second kappa shape index (κ2) is 9.98. The molecule has 2 bridgehead atoms. The van der Waals surface area contributed by atoms with E-state index >= 15 is 0 Å². The Kier molecular flexibility index (Phi) is 7.44. The molecule has 8 heteroatoms. The molecule has 1 saturated carbocycles. The Hall–Kier alpha value is -1.54. The molecule has 2 unspecified atom stereocenters. The van der Waals surface area contributed by atoms with Crippen LogP contribution in [0.2, 0.25) is 0 Å². The van der Waals surface area contributed by atoms with Gasteiger partial charge in [0.05, 0.1) is 35.8 Å². The summed E-state index contributed by atoms with van der Waals surface area (Å²) < 4.78 is 4.74. The molecule has 1 aliphatic carbocycles. The first-order chi connectivity index (χ1) is 15.9. The highest BCUT2D eigenvalue weighted by Gasteiger charge is 2.74. The average molecular weight is 479 g/mol. The summed E-state index contributed by atoms with van der Waals surface area (Å²) in [5.41, 5.74) is 0. The Morgan fingerprint density at radius 1 is 1.30 bits per heavy atom. The monoisotopic (exact) mass is 478 g/mol. The molecule has 0 aromatic heterocycles. The summed E-state index contributed by atoms with van der Waals surface area (Å²) in [5.74, 6) is -1.61. The minimum absolute atomic E-state index is 0.00666. The molecule has 3 aliphatic heterocycles. The zero-order valence-electron chi connectivity index (χ0n) is 19.9. The minimum atomic E-state index is -0.664. The lowest BCUT2D eigenvalue weighted by molar-refractivity contribution is -0.154. The van der Waals surface area contributed by atoms with E-state index in [1.807, 2.05) is 11.8 Å². The molecule has 1 spiro atoms. The third-order valence-corrected chi connectivity index (χ3v) is 10.2. The fourth-order valence-corrected chi connectivity index (χ4v) is 8.98. The van der Waals surface area contributed by atoms with Gasteiger partial charge in [0.25, 0.3) is 0 Å². The predicted molar refractivity (Wildman–Crippen MR) is 128 cm³/mol. The molecule has 3 saturated heterocycles. The van der Waals surface area contributed by atoms with Crippen molar-refractivity contribution in [1.82, 2.24) is 9.80 Å². The van der Waals surface area contributed by atoms with Gasteiger partial charge in [0, 0.05) is 17.8 Å². The lowest BCUT2D eigenvalue weighted by Crippen LogP contribution is -2.59. The Morgan fingerprint density at radius 3 is 2.64 bits per heavy atom. The number of ether oxygens (including phenoxy) is 1. The van der Waals surface area contributed by atoms with Gasteiger partial charge in [0.2, 0.25) is 11.8 Å². The number of aliphatic hydroxyl groups excluding tert-OH is 1. The number of carbonyl (C=O) groups is 3. The van der Waals surface area contributed by atoms with E-state index in [-0.39, 0.29) is 42.3 Å². The minimum Gasteiger partial charge on any atom is -0.466 e. The largest absolute Gasteiger partial charge is 0.466 e. The van der Waals surface area contributed by atoms with Crippen LogP contribution in [0.3, 0.4) is 0 Å². The van der Waals surface area contributed by atoms with Gasteiger partial charge in [0.1, 0.15) is 6.04 Å². The van der Waals surface area contributed by atoms with Crippen molar-refractivity contribution in [3.63, 3.8) is 0 Å². The van der Waals surface area contributed by atoms with Crippen molar-refractivity contribution in [3.8, 4) is 0 Å². The number of carbonyl (C=O) groups excluding carboxylic acids is 3. The van der Waals surface area contributed by atoms with Gasteiger partial charge in [-0.15, -0.1) is 18.3 Å². The number of amides is 2. The summed E-state index contributed by atoms with van der Waals surface area (Å²) in [7, 11) is 0. The van der Waals surface area contributed by atoms with Crippen LogP contribution in [0.5, 0.6) is 0 Å². The summed E-state index contributed by atoms with van der Waals surface area (Å²) in [6.07, 6.45) is 9.18. The number of nitrogens with zero attached hydrogens (tertiary/aromatic N) is 2. The lowest BCUT2D eigenvalue weighted by atomic mass is 9.71. The van der Waals surface area contributed by atoms with Crippen molar-refractivity contribution in [2.24, 2.45) is 11.8 Å². The average Bonchev–Trinajstić information content (AvgIpc) is 3.46. The van der Waals surface area contributed by atoms with Gasteiger partial charge < -0.3 is 19.6 Å². The Balaban J connectivity index is 1.75. The molecular weight excluding hydrogens is 440 g/mol. The van der Waals surface area contributed by atoms with Crippen LogP contribution in [0.1, 0.15) is 65.2 Å². The SMILES string of the molecule is C=CCN(C(=O)C1N([C@@H](CC)CO)C(=O)[C@@H]2[C@@H](C(=O)OCC)[C@H]3CCC12S3)C1CCCCC1. The van der Waals surface area contributed by atoms with E-state index < -0.39 is 28.7 Å². The van der Waals surface area contributed by atoms with Crippen LogP contribution in [0.15, 0.2) is 12.7 Å². The molecule has 0 aromatic rings. The maximum Gasteiger partial charge on any atom is 0.310 e. The molecule has 2 amide bonds. The second-order valence-corrected chi connectivity index (χ2v) is 11.5. The zero-order chi connectivity index (χ0) is 23.8. The molecule has 4 aliphatic rings. The van der Waals surface area contributed by atoms with Gasteiger partial charge in [0.15, 0.2) is 0 Å². The van der Waals surface area contributed by atoms with Gasteiger partial charge in [-0.25, -0.2) is 0 Å². The summed E-state index contributed by atoms with van der Waals surface area (Å²) in [4.78, 5) is 44.8. The second-order valence-electron chi connectivity index (χ2n) is 9.87. The van der Waals surface area contributed by atoms with Crippen LogP contribution in [0, 0.1) is 11.8 Å². The number of rotatable bonds is 9. The molecule has 3 heterocycles. The van der Waals surface area contributed by atoms with Gasteiger partial charge in [-0.3, -0.25) is 14.4 Å². The smallest absolute Gasteiger partial charge is 0.310 e. The first kappa shape index (κ1) is 24.6. The molecule has 0 radical (unpaired) electrons. The van der Waals surface area contributed by atoms with E-state index in [2.05, 4.69) is 6.58 Å². The maximum atomic E-state index is 14.3. The molecular formula is C25H38N2O5S. The van der Waals surface area contributed by atoms with E-state index in [0.717, 1.165) is 38.5 Å². The third-order valence-electron chi connectivity index (χ3n) is 8.23. The molecule has 6 atom stereocenters. The number of hydrogen-bond acceptors (Lipinski definition) is 6. The Morgan fingerprint density at radius 2 is 2.03 bits per heavy atom. The highest BCUT2D eigenvalue weighted by Crippen LogP contribution is 2.67. The van der Waals surface area contributed by atoms with Crippen LogP contribution < -0.4 is 0 Å². The number of thioether (sulfide) groups is 1. The number of aliphatic hydroxyl groups is 1. The lowest BCUT2D eigenvalue weighted by Gasteiger charge is -2.42. The fourth-order valence-electron chi connectivity index (χ4n) is 6.79. The molecule has 1 N–H and O–H groups in total. The van der Waals surface area contributed by atoms with Crippen LogP contribution >= 0.6 is 11.8 Å². The van der Waals surface area contributed by atoms with Gasteiger partial charge in [-0.05, 0) is 39.0 Å². The summed E-state index contributed by atoms with van der Waals surface area (Å²) in [6, 6.07) is -0.954. The number of fused-ring (bicyclic) bond motifs is 1. The zero-order valence-corrected chi connectivity index (χ0v) is 20.7. The van der Waals surface area contributed by atoms with Gasteiger partial charge in [-0.2, -0.15) is 0 Å². The third kappa shape index (κ3) is 3.91. The first-order valence-electron chi connectivity index (χ1n) is 12.6. The van der Waals surface area contributed by atoms with E-state index in [1.165, 1.54) is 6.42 Å². The van der Waals surface area contributed by atoms with Gasteiger partial charge in [-0.1, -0.05) is 32.3 Å². The van der Waals surface area contributed by atoms with Crippen molar-refractivity contribution >= 4 is 29.5 Å². The maximum absolute atomic E-state index is 14.3. The van der Waals surface area contributed by atoms with E-state index in [4.69, 9.17) is 4.74 Å². The van der Waals surface area contributed by atoms with Crippen molar-refractivity contribution in [2.75, 3.05) is 19.8 Å². The van der Waals surface area contributed by atoms with E-state index in [9.17, 15) is 19.5 Å². The number of esters is 1. The highest BCUT2D eigenvalue weighted by atomic mass is 32.2. The standard InChI is InChI=1S/C25H38N2O5S/c1-4-14-26(17-10-8-7-9-11-17)23(30)21-25-13-12-18(33-25)19(24(31)32-6-3)20(25)22(29)27(21)16(5-2)15-28/h4,16-21,28H,1,5-15H2,2-3H3/t16-,18+,19-,20-,21?,25?/m0/s1. The summed E-state index contributed by atoms with van der Waals surface area (Å²) >= 11 is 1.66.